The monoisotopic (exact) mass is 426 g/mol. The Kier molecular flexibility index (Phi) is 5.21. The zero-order chi connectivity index (χ0) is 20.5. The van der Waals surface area contributed by atoms with Gasteiger partial charge in [0.25, 0.3) is 5.56 Å². The van der Waals surface area contributed by atoms with E-state index in [-0.39, 0.29) is 17.9 Å². The molecule has 3 heterocycles. The molecule has 0 unspecified atom stereocenters. The number of carbonyl (C=O) groups excluding carboxylic acids is 1. The maximum Gasteiger partial charge on any atom is 0.338 e. The Morgan fingerprint density at radius 1 is 1.31 bits per heavy atom. The van der Waals surface area contributed by atoms with Gasteiger partial charge < -0.3 is 9.84 Å². The van der Waals surface area contributed by atoms with Gasteiger partial charge in [0, 0.05) is 4.88 Å². The first kappa shape index (κ1) is 19.4. The number of thiazole rings is 1. The van der Waals surface area contributed by atoms with Crippen LogP contribution in [-0.4, -0.2) is 22.2 Å². The van der Waals surface area contributed by atoms with E-state index in [0.29, 0.717) is 20.6 Å². The summed E-state index contributed by atoms with van der Waals surface area (Å²) in [6.07, 6.45) is 1.76. The van der Waals surface area contributed by atoms with Gasteiger partial charge in [-0.15, -0.1) is 11.3 Å². The van der Waals surface area contributed by atoms with E-state index < -0.39 is 12.0 Å². The van der Waals surface area contributed by atoms with Crippen molar-refractivity contribution >= 4 is 34.7 Å². The summed E-state index contributed by atoms with van der Waals surface area (Å²) in [5, 5.41) is 11.4. The fourth-order valence-corrected chi connectivity index (χ4v) is 5.10. The van der Waals surface area contributed by atoms with Gasteiger partial charge in [0.1, 0.15) is 11.8 Å². The maximum absolute atomic E-state index is 13.3. The molecule has 1 atom stereocenters. The molecule has 29 heavy (non-hydrogen) atoms. The van der Waals surface area contributed by atoms with Crippen LogP contribution in [0.2, 0.25) is 0 Å². The van der Waals surface area contributed by atoms with Crippen LogP contribution in [0.5, 0.6) is 5.75 Å². The predicted molar refractivity (Wildman–Crippen MR) is 113 cm³/mol. The molecule has 1 aliphatic rings. The highest BCUT2D eigenvalue weighted by Crippen LogP contribution is 2.33. The topological polar surface area (TPSA) is 80.9 Å². The molecule has 148 valence electrons. The van der Waals surface area contributed by atoms with E-state index in [1.165, 1.54) is 22.7 Å². The van der Waals surface area contributed by atoms with Crippen molar-refractivity contribution in [1.82, 2.24) is 4.57 Å². The molecular formula is C21H18N2O4S2. The van der Waals surface area contributed by atoms with Gasteiger partial charge in [-0.2, -0.15) is 0 Å². The second-order valence-electron chi connectivity index (χ2n) is 6.41. The summed E-state index contributed by atoms with van der Waals surface area (Å²) in [7, 11) is 0. The van der Waals surface area contributed by atoms with Crippen molar-refractivity contribution in [3.8, 4) is 5.75 Å². The van der Waals surface area contributed by atoms with Gasteiger partial charge in [-0.1, -0.05) is 29.5 Å². The molecule has 1 aromatic carbocycles. The Morgan fingerprint density at radius 2 is 2.07 bits per heavy atom. The summed E-state index contributed by atoms with van der Waals surface area (Å²) < 4.78 is 7.33. The lowest BCUT2D eigenvalue weighted by Gasteiger charge is -2.23. The van der Waals surface area contributed by atoms with E-state index in [9.17, 15) is 14.7 Å². The summed E-state index contributed by atoms with van der Waals surface area (Å²) in [5.74, 6) is -0.295. The number of fused-ring (bicyclic) bond motifs is 1. The first-order chi connectivity index (χ1) is 14.0. The number of esters is 1. The minimum Gasteiger partial charge on any atom is -0.508 e. The van der Waals surface area contributed by atoms with E-state index in [1.807, 2.05) is 17.5 Å². The van der Waals surface area contributed by atoms with Crippen molar-refractivity contribution in [2.24, 2.45) is 4.99 Å². The first-order valence-corrected chi connectivity index (χ1v) is 10.7. The normalized spacial score (nSPS) is 16.5. The number of thiophene rings is 1. The van der Waals surface area contributed by atoms with Crippen LogP contribution in [0.4, 0.5) is 0 Å². The van der Waals surface area contributed by atoms with E-state index in [0.717, 1.165) is 10.4 Å². The summed E-state index contributed by atoms with van der Waals surface area (Å²) >= 11 is 2.76. The van der Waals surface area contributed by atoms with Gasteiger partial charge in [-0.3, -0.25) is 9.36 Å². The number of hydrogen-bond donors (Lipinski definition) is 1. The number of nitrogens with zero attached hydrogens (tertiary/aromatic N) is 2. The maximum atomic E-state index is 13.3. The van der Waals surface area contributed by atoms with Crippen molar-refractivity contribution in [1.29, 1.82) is 0 Å². The second-order valence-corrected chi connectivity index (χ2v) is 8.40. The molecule has 6 nitrogen and oxygen atoms in total. The first-order valence-electron chi connectivity index (χ1n) is 9.01. The number of phenols is 1. The Morgan fingerprint density at radius 3 is 2.72 bits per heavy atom. The smallest absolute Gasteiger partial charge is 0.338 e. The lowest BCUT2D eigenvalue weighted by atomic mass is 10.0. The van der Waals surface area contributed by atoms with Crippen molar-refractivity contribution in [2.75, 3.05) is 6.61 Å². The quantitative estimate of drug-likeness (QED) is 0.650. The van der Waals surface area contributed by atoms with Crippen LogP contribution in [0.15, 0.2) is 62.8 Å². The number of ether oxygens (including phenoxy) is 1. The lowest BCUT2D eigenvalue weighted by Crippen LogP contribution is -2.39. The number of hydrogen-bond acceptors (Lipinski definition) is 7. The molecule has 8 heteroatoms. The van der Waals surface area contributed by atoms with Gasteiger partial charge in [-0.25, -0.2) is 9.79 Å². The lowest BCUT2D eigenvalue weighted by molar-refractivity contribution is -0.139. The number of allylic oxidation sites excluding steroid dienone is 1. The van der Waals surface area contributed by atoms with Gasteiger partial charge in [0.05, 0.1) is 22.4 Å². The van der Waals surface area contributed by atoms with Crippen LogP contribution >= 0.6 is 22.7 Å². The molecule has 3 aromatic rings. The molecule has 2 aromatic heterocycles. The Labute approximate surface area is 174 Å². The average Bonchev–Trinajstić information content (AvgIpc) is 3.32. The summed E-state index contributed by atoms with van der Waals surface area (Å²) in [6, 6.07) is 9.85. The molecule has 0 bridgehead atoms. The molecule has 0 saturated carbocycles. The van der Waals surface area contributed by atoms with Crippen LogP contribution in [0.1, 0.15) is 30.3 Å². The molecule has 1 N–H and O–H groups in total. The molecule has 0 fully saturated rings. The number of rotatable bonds is 4. The van der Waals surface area contributed by atoms with Gasteiger partial charge >= 0.3 is 5.97 Å². The number of aromatic nitrogens is 1. The van der Waals surface area contributed by atoms with Crippen LogP contribution in [0, 0.1) is 0 Å². The largest absolute Gasteiger partial charge is 0.508 e. The van der Waals surface area contributed by atoms with Gasteiger partial charge in [0.15, 0.2) is 4.80 Å². The minimum atomic E-state index is -0.563. The Bertz CT molecular complexity index is 1270. The average molecular weight is 427 g/mol. The molecule has 0 spiro atoms. The van der Waals surface area contributed by atoms with Crippen LogP contribution in [0.25, 0.3) is 6.08 Å². The molecular weight excluding hydrogens is 408 g/mol. The van der Waals surface area contributed by atoms with E-state index in [4.69, 9.17) is 4.74 Å². The fraction of sp³-hybridized carbons (Fsp3) is 0.190. The van der Waals surface area contributed by atoms with Crippen molar-refractivity contribution in [3.05, 3.63) is 83.2 Å². The van der Waals surface area contributed by atoms with E-state index in [2.05, 4.69) is 4.99 Å². The SMILES string of the molecule is CCOC(=O)C1=C(C)N=c2s/c(=C/c3ccc(O)cc3)c(=O)n2[C@@H]1c1cccs1. The number of aromatic hydroxyl groups is 1. The molecule has 0 amide bonds. The highest BCUT2D eigenvalue weighted by molar-refractivity contribution is 7.10. The van der Waals surface area contributed by atoms with Crippen molar-refractivity contribution in [2.45, 2.75) is 19.9 Å². The third-order valence-corrected chi connectivity index (χ3v) is 6.43. The molecule has 4 rings (SSSR count). The van der Waals surface area contributed by atoms with E-state index in [1.54, 1.807) is 48.8 Å². The van der Waals surface area contributed by atoms with Gasteiger partial charge in [0.2, 0.25) is 0 Å². The molecule has 1 aliphatic heterocycles. The second kappa shape index (κ2) is 7.81. The Balaban J connectivity index is 1.93. The summed E-state index contributed by atoms with van der Waals surface area (Å²) in [5.41, 5.74) is 1.52. The third-order valence-electron chi connectivity index (χ3n) is 4.52. The zero-order valence-electron chi connectivity index (χ0n) is 15.8. The summed E-state index contributed by atoms with van der Waals surface area (Å²) in [4.78, 5) is 31.9. The van der Waals surface area contributed by atoms with Crippen LogP contribution < -0.4 is 14.9 Å². The number of benzene rings is 1. The standard InChI is InChI=1S/C21H18N2O4S2/c1-3-27-20(26)17-12(2)22-21-23(18(17)15-5-4-10-28-15)19(25)16(29-21)11-13-6-8-14(24)9-7-13/h4-11,18,24H,3H2,1-2H3/b16-11+/t18-/m1/s1. The highest BCUT2D eigenvalue weighted by atomic mass is 32.1. The molecule has 0 saturated heterocycles. The minimum absolute atomic E-state index is 0.163. The van der Waals surface area contributed by atoms with Crippen LogP contribution in [-0.2, 0) is 9.53 Å². The predicted octanol–water partition coefficient (Wildman–Crippen LogP) is 2.57. The van der Waals surface area contributed by atoms with Crippen LogP contribution in [0.3, 0.4) is 0 Å². The number of carbonyl (C=O) groups is 1. The molecule has 0 radical (unpaired) electrons. The summed E-state index contributed by atoms with van der Waals surface area (Å²) in [6.45, 7) is 3.77. The Hall–Kier alpha value is -2.97. The fourth-order valence-electron chi connectivity index (χ4n) is 3.23. The third kappa shape index (κ3) is 3.56. The highest BCUT2D eigenvalue weighted by Gasteiger charge is 2.33. The number of phenolic OH excluding ortho intramolecular Hbond substituents is 1. The molecule has 0 aliphatic carbocycles. The zero-order valence-corrected chi connectivity index (χ0v) is 17.4. The van der Waals surface area contributed by atoms with Crippen molar-refractivity contribution < 1.29 is 14.6 Å². The van der Waals surface area contributed by atoms with Gasteiger partial charge in [-0.05, 0) is 49.1 Å². The van der Waals surface area contributed by atoms with E-state index >= 15 is 0 Å². The van der Waals surface area contributed by atoms with Crippen molar-refractivity contribution in [3.63, 3.8) is 0 Å².